The van der Waals surface area contributed by atoms with Crippen molar-refractivity contribution in [1.29, 1.82) is 0 Å². The first-order valence-corrected chi connectivity index (χ1v) is 9.65. The highest BCUT2D eigenvalue weighted by molar-refractivity contribution is 5.66. The van der Waals surface area contributed by atoms with Gasteiger partial charge in [-0.15, -0.1) is 0 Å². The second-order valence-electron chi connectivity index (χ2n) is 9.37. The van der Waals surface area contributed by atoms with Gasteiger partial charge in [-0.1, -0.05) is 45.6 Å². The number of esters is 1. The number of ether oxygens (including phenoxy) is 1. The highest BCUT2D eigenvalue weighted by Gasteiger charge is 2.60. The number of allylic oxidation sites excluding steroid dienone is 2. The molecule has 1 N–H and O–H groups in total. The summed E-state index contributed by atoms with van der Waals surface area (Å²) in [6, 6.07) is 0. The molecule has 142 valence electrons. The fourth-order valence-corrected chi connectivity index (χ4v) is 5.99. The molecule has 2 saturated carbocycles. The van der Waals surface area contributed by atoms with Crippen molar-refractivity contribution in [2.75, 3.05) is 0 Å². The van der Waals surface area contributed by atoms with Crippen LogP contribution in [0.5, 0.6) is 0 Å². The Morgan fingerprint density at radius 1 is 1.24 bits per heavy atom. The quantitative estimate of drug-likeness (QED) is 0.559. The van der Waals surface area contributed by atoms with E-state index >= 15 is 0 Å². The summed E-state index contributed by atoms with van der Waals surface area (Å²) in [5.74, 6) is 0.455. The molecule has 0 radical (unpaired) electrons. The molecule has 0 amide bonds. The molecule has 2 aliphatic rings. The second-order valence-corrected chi connectivity index (χ2v) is 9.37. The molecule has 2 fully saturated rings. The van der Waals surface area contributed by atoms with Gasteiger partial charge in [-0.2, -0.15) is 0 Å². The van der Waals surface area contributed by atoms with Gasteiger partial charge in [-0.3, -0.25) is 4.79 Å². The van der Waals surface area contributed by atoms with Crippen LogP contribution in [0.1, 0.15) is 73.1 Å². The van der Waals surface area contributed by atoms with E-state index in [1.54, 1.807) is 0 Å². The summed E-state index contributed by atoms with van der Waals surface area (Å²) in [4.78, 5) is 11.5. The Labute approximate surface area is 153 Å². The molecule has 0 aromatic rings. The average Bonchev–Trinajstić information content (AvgIpc) is 2.48. The van der Waals surface area contributed by atoms with Crippen LogP contribution in [0.4, 0.5) is 0 Å². The van der Waals surface area contributed by atoms with Gasteiger partial charge in [-0.05, 0) is 62.7 Å². The van der Waals surface area contributed by atoms with Crippen LogP contribution in [0, 0.1) is 22.7 Å². The smallest absolute Gasteiger partial charge is 0.302 e. The summed E-state index contributed by atoms with van der Waals surface area (Å²) in [6.07, 6.45) is 7.23. The van der Waals surface area contributed by atoms with Crippen LogP contribution in [-0.4, -0.2) is 22.8 Å². The van der Waals surface area contributed by atoms with Gasteiger partial charge in [0.25, 0.3) is 0 Å². The van der Waals surface area contributed by atoms with Crippen LogP contribution in [0.2, 0.25) is 0 Å². The van der Waals surface area contributed by atoms with Crippen molar-refractivity contribution in [1.82, 2.24) is 0 Å². The summed E-state index contributed by atoms with van der Waals surface area (Å²) in [7, 11) is 0. The normalized spacial score (nSPS) is 40.0. The van der Waals surface area contributed by atoms with Crippen LogP contribution in [0.25, 0.3) is 0 Å². The van der Waals surface area contributed by atoms with E-state index in [2.05, 4.69) is 33.9 Å². The van der Waals surface area contributed by atoms with Crippen molar-refractivity contribution < 1.29 is 14.6 Å². The van der Waals surface area contributed by atoms with Gasteiger partial charge in [0.1, 0.15) is 6.10 Å². The minimum atomic E-state index is -0.656. The first kappa shape index (κ1) is 20.2. The molecule has 2 aliphatic carbocycles. The molecule has 0 spiro atoms. The molecule has 5 unspecified atom stereocenters. The van der Waals surface area contributed by atoms with E-state index in [1.807, 2.05) is 13.0 Å². The third-order valence-electron chi connectivity index (χ3n) is 7.31. The number of aliphatic hydroxyl groups is 1. The van der Waals surface area contributed by atoms with Gasteiger partial charge in [0.15, 0.2) is 0 Å². The Balaban J connectivity index is 2.31. The molecule has 0 saturated heterocycles. The fraction of sp³-hybridized carbons (Fsp3) is 0.773. The van der Waals surface area contributed by atoms with E-state index in [0.29, 0.717) is 5.92 Å². The average molecular weight is 349 g/mol. The minimum absolute atomic E-state index is 0.0325. The molecular weight excluding hydrogens is 312 g/mol. The predicted octanol–water partition coefficient (Wildman–Crippen LogP) is 5.04. The van der Waals surface area contributed by atoms with Crippen molar-refractivity contribution in [2.45, 2.75) is 84.8 Å². The number of carbonyl (C=O) groups is 1. The summed E-state index contributed by atoms with van der Waals surface area (Å²) >= 11 is 0. The molecule has 5 atom stereocenters. The minimum Gasteiger partial charge on any atom is -0.462 e. The van der Waals surface area contributed by atoms with Crippen LogP contribution >= 0.6 is 0 Å². The molecule has 0 bridgehead atoms. The van der Waals surface area contributed by atoms with Crippen molar-refractivity contribution in [2.24, 2.45) is 22.7 Å². The maximum absolute atomic E-state index is 11.5. The van der Waals surface area contributed by atoms with Crippen molar-refractivity contribution in [3.05, 3.63) is 24.8 Å². The maximum Gasteiger partial charge on any atom is 0.302 e. The zero-order chi connectivity index (χ0) is 19.0. The SMILES string of the molecule is C=CC(=C)CCC1C(C)(O)CCC2C(C)(C)C(OC(C)=O)CCC12C. The van der Waals surface area contributed by atoms with Gasteiger partial charge in [0.05, 0.1) is 5.60 Å². The first-order chi connectivity index (χ1) is 11.4. The zero-order valence-corrected chi connectivity index (χ0v) is 16.7. The van der Waals surface area contributed by atoms with Gasteiger partial charge in [0.2, 0.25) is 0 Å². The summed E-state index contributed by atoms with van der Waals surface area (Å²) < 4.78 is 5.67. The van der Waals surface area contributed by atoms with Crippen LogP contribution < -0.4 is 0 Å². The molecule has 2 rings (SSSR count). The number of fused-ring (bicyclic) bond motifs is 1. The molecule has 0 aromatic carbocycles. The lowest BCUT2D eigenvalue weighted by Gasteiger charge is -2.62. The summed E-state index contributed by atoms with van der Waals surface area (Å²) in [5, 5.41) is 11.2. The molecule has 0 heterocycles. The van der Waals surface area contributed by atoms with Crippen LogP contribution in [0.15, 0.2) is 24.8 Å². The Hall–Kier alpha value is -1.09. The largest absolute Gasteiger partial charge is 0.462 e. The van der Waals surface area contributed by atoms with E-state index in [0.717, 1.165) is 44.1 Å². The van der Waals surface area contributed by atoms with E-state index in [1.165, 1.54) is 6.92 Å². The highest BCUT2D eigenvalue weighted by atomic mass is 16.5. The van der Waals surface area contributed by atoms with E-state index in [-0.39, 0.29) is 28.8 Å². The lowest BCUT2D eigenvalue weighted by molar-refractivity contribution is -0.206. The van der Waals surface area contributed by atoms with E-state index in [4.69, 9.17) is 4.74 Å². The Bertz CT molecular complexity index is 545. The highest BCUT2D eigenvalue weighted by Crippen LogP contribution is 2.63. The number of hydrogen-bond acceptors (Lipinski definition) is 3. The third kappa shape index (κ3) is 3.72. The number of hydrogen-bond donors (Lipinski definition) is 1. The zero-order valence-electron chi connectivity index (χ0n) is 16.7. The van der Waals surface area contributed by atoms with Crippen LogP contribution in [-0.2, 0) is 9.53 Å². The summed E-state index contributed by atoms with van der Waals surface area (Å²) in [6.45, 7) is 18.2. The first-order valence-electron chi connectivity index (χ1n) is 9.65. The van der Waals surface area contributed by atoms with Crippen LogP contribution in [0.3, 0.4) is 0 Å². The fourth-order valence-electron chi connectivity index (χ4n) is 5.99. The molecule has 25 heavy (non-hydrogen) atoms. The van der Waals surface area contributed by atoms with Crippen molar-refractivity contribution in [3.63, 3.8) is 0 Å². The maximum atomic E-state index is 11.5. The van der Waals surface area contributed by atoms with E-state index in [9.17, 15) is 9.90 Å². The van der Waals surface area contributed by atoms with Gasteiger partial charge >= 0.3 is 5.97 Å². The Morgan fingerprint density at radius 3 is 2.44 bits per heavy atom. The van der Waals surface area contributed by atoms with Gasteiger partial charge in [0, 0.05) is 12.3 Å². The van der Waals surface area contributed by atoms with Crippen molar-refractivity contribution in [3.8, 4) is 0 Å². The van der Waals surface area contributed by atoms with Gasteiger partial charge < -0.3 is 9.84 Å². The topological polar surface area (TPSA) is 46.5 Å². The Morgan fingerprint density at radius 2 is 1.88 bits per heavy atom. The number of carbonyl (C=O) groups excluding carboxylic acids is 1. The van der Waals surface area contributed by atoms with Crippen molar-refractivity contribution >= 4 is 5.97 Å². The van der Waals surface area contributed by atoms with Gasteiger partial charge in [-0.25, -0.2) is 0 Å². The molecular formula is C22H36O3. The Kier molecular flexibility index (Phi) is 5.59. The summed E-state index contributed by atoms with van der Waals surface area (Å²) in [5.41, 5.74) is 0.345. The third-order valence-corrected chi connectivity index (χ3v) is 7.31. The molecule has 0 aromatic heterocycles. The predicted molar refractivity (Wildman–Crippen MR) is 102 cm³/mol. The second kappa shape index (κ2) is 6.90. The lowest BCUT2D eigenvalue weighted by Crippen LogP contribution is -2.61. The number of rotatable bonds is 5. The lowest BCUT2D eigenvalue weighted by atomic mass is 9.44. The van der Waals surface area contributed by atoms with E-state index < -0.39 is 5.60 Å². The molecule has 0 aliphatic heterocycles. The standard InChI is InChI=1S/C22H36O3/c1-8-15(2)9-10-18-21(6)13-12-19(25-16(3)23)20(4,5)17(21)11-14-22(18,7)24/h8,17-19,24H,1-2,9-14H2,3-7H3. The molecule has 3 heteroatoms. The monoisotopic (exact) mass is 348 g/mol. The molecule has 3 nitrogen and oxygen atoms in total.